The Hall–Kier alpha value is -3.28. The van der Waals surface area contributed by atoms with E-state index in [-0.39, 0.29) is 5.91 Å². The van der Waals surface area contributed by atoms with E-state index in [9.17, 15) is 4.79 Å². The molecule has 2 heterocycles. The number of anilines is 1. The summed E-state index contributed by atoms with van der Waals surface area (Å²) in [5.41, 5.74) is 2.68. The first-order chi connectivity index (χ1) is 13.7. The minimum atomic E-state index is -0.107. The Balaban J connectivity index is 1.61. The van der Waals surface area contributed by atoms with Gasteiger partial charge in [-0.15, -0.1) is 0 Å². The van der Waals surface area contributed by atoms with Crippen molar-refractivity contribution in [1.82, 2.24) is 19.9 Å². The fourth-order valence-corrected chi connectivity index (χ4v) is 2.88. The third kappa shape index (κ3) is 5.13. The summed E-state index contributed by atoms with van der Waals surface area (Å²) in [6.07, 6.45) is 7.71. The number of nitrogens with zero attached hydrogens (tertiary/aromatic N) is 5. The summed E-state index contributed by atoms with van der Waals surface area (Å²) in [7, 11) is 1.97. The van der Waals surface area contributed by atoms with E-state index in [0.29, 0.717) is 18.8 Å². The predicted molar refractivity (Wildman–Crippen MR) is 110 cm³/mol. The highest BCUT2D eigenvalue weighted by Crippen LogP contribution is 2.12. The van der Waals surface area contributed by atoms with E-state index < -0.39 is 0 Å². The van der Waals surface area contributed by atoms with Crippen LogP contribution in [0.2, 0.25) is 0 Å². The molecule has 0 saturated carbocycles. The van der Waals surface area contributed by atoms with E-state index >= 15 is 0 Å². The van der Waals surface area contributed by atoms with Crippen LogP contribution >= 0.6 is 0 Å². The third-order valence-electron chi connectivity index (χ3n) is 4.62. The molecule has 0 aliphatic rings. The molecule has 2 aromatic heterocycles. The Morgan fingerprint density at radius 2 is 1.71 bits per heavy atom. The summed E-state index contributed by atoms with van der Waals surface area (Å²) in [5, 5.41) is 0. The fourth-order valence-electron chi connectivity index (χ4n) is 2.88. The molecule has 0 unspecified atom stereocenters. The topological polar surface area (TPSA) is 62.2 Å². The summed E-state index contributed by atoms with van der Waals surface area (Å²) in [5.74, 6) is 0.640. The zero-order valence-corrected chi connectivity index (χ0v) is 16.3. The first-order valence-corrected chi connectivity index (χ1v) is 9.42. The third-order valence-corrected chi connectivity index (χ3v) is 4.62. The lowest BCUT2D eigenvalue weighted by molar-refractivity contribution is 0.0746. The highest BCUT2D eigenvalue weighted by atomic mass is 16.2. The minimum absolute atomic E-state index is 0.107. The molecule has 1 amide bonds. The number of amides is 1. The van der Waals surface area contributed by atoms with Gasteiger partial charge in [0.25, 0.3) is 5.91 Å². The van der Waals surface area contributed by atoms with Crippen LogP contribution in [-0.4, -0.2) is 45.9 Å². The lowest BCUT2D eigenvalue weighted by Gasteiger charge is -2.21. The number of rotatable bonds is 8. The lowest BCUT2D eigenvalue weighted by atomic mass is 10.2. The highest BCUT2D eigenvalue weighted by molar-refractivity contribution is 5.92. The number of hydrogen-bond donors (Lipinski definition) is 0. The molecule has 0 fully saturated rings. The van der Waals surface area contributed by atoms with Crippen molar-refractivity contribution >= 4 is 11.7 Å². The predicted octanol–water partition coefficient (Wildman–Crippen LogP) is 3.21. The first kappa shape index (κ1) is 19.5. The van der Waals surface area contributed by atoms with E-state index in [4.69, 9.17) is 0 Å². The summed E-state index contributed by atoms with van der Waals surface area (Å²) >= 11 is 0. The number of aromatic nitrogens is 3. The molecule has 0 aliphatic heterocycles. The lowest BCUT2D eigenvalue weighted by Crippen LogP contribution is -2.31. The average molecular weight is 375 g/mol. The molecule has 6 nitrogen and oxygen atoms in total. The van der Waals surface area contributed by atoms with Crippen LogP contribution < -0.4 is 4.90 Å². The molecular weight excluding hydrogens is 350 g/mol. The average Bonchev–Trinajstić information content (AvgIpc) is 2.77. The fraction of sp³-hybridized carbons (Fsp3) is 0.273. The molecule has 0 aliphatic carbocycles. The van der Waals surface area contributed by atoms with Crippen molar-refractivity contribution in [2.24, 2.45) is 0 Å². The smallest absolute Gasteiger partial charge is 0.274 e. The van der Waals surface area contributed by atoms with Crippen LogP contribution in [0.4, 0.5) is 5.82 Å². The van der Waals surface area contributed by atoms with Crippen LogP contribution in [-0.2, 0) is 13.0 Å². The molecule has 3 rings (SSSR count). The quantitative estimate of drug-likeness (QED) is 0.605. The summed E-state index contributed by atoms with van der Waals surface area (Å²) in [6.45, 7) is 3.95. The van der Waals surface area contributed by atoms with Crippen molar-refractivity contribution in [2.45, 2.75) is 19.9 Å². The van der Waals surface area contributed by atoms with E-state index in [2.05, 4.69) is 15.0 Å². The molecule has 0 bridgehead atoms. The van der Waals surface area contributed by atoms with Gasteiger partial charge in [0.05, 0.1) is 12.4 Å². The van der Waals surface area contributed by atoms with Crippen molar-refractivity contribution in [3.8, 4) is 0 Å². The molecule has 0 N–H and O–H groups in total. The number of likely N-dealkylation sites (N-methyl/N-ethyl adjacent to an activating group) is 1. The summed E-state index contributed by atoms with van der Waals surface area (Å²) in [6, 6.07) is 14.0. The van der Waals surface area contributed by atoms with Gasteiger partial charge in [0.15, 0.2) is 0 Å². The standard InChI is InChI=1S/C22H25N5O/c1-3-27(17-19-7-5-4-6-8-19)22(28)20-15-25-21(16-24-20)26(2)14-11-18-9-12-23-13-10-18/h4-10,12-13,15-16H,3,11,14,17H2,1-2H3. The minimum Gasteiger partial charge on any atom is -0.358 e. The normalized spacial score (nSPS) is 10.5. The Morgan fingerprint density at radius 3 is 2.36 bits per heavy atom. The van der Waals surface area contributed by atoms with Gasteiger partial charge in [0.1, 0.15) is 11.5 Å². The van der Waals surface area contributed by atoms with E-state index in [1.807, 2.05) is 61.3 Å². The van der Waals surface area contributed by atoms with E-state index in [1.165, 1.54) is 5.56 Å². The molecule has 0 radical (unpaired) electrons. The largest absolute Gasteiger partial charge is 0.358 e. The van der Waals surface area contributed by atoms with Gasteiger partial charge in [-0.05, 0) is 36.6 Å². The van der Waals surface area contributed by atoms with Crippen LogP contribution in [0.3, 0.4) is 0 Å². The second kappa shape index (κ2) is 9.60. The zero-order chi connectivity index (χ0) is 19.8. The molecule has 6 heteroatoms. The Morgan fingerprint density at radius 1 is 0.964 bits per heavy atom. The first-order valence-electron chi connectivity index (χ1n) is 9.42. The second-order valence-corrected chi connectivity index (χ2v) is 6.59. The maximum Gasteiger partial charge on any atom is 0.274 e. The van der Waals surface area contributed by atoms with Crippen molar-refractivity contribution < 1.29 is 4.79 Å². The molecule has 1 aromatic carbocycles. The van der Waals surface area contributed by atoms with Gasteiger partial charge in [0, 0.05) is 39.1 Å². The Kier molecular flexibility index (Phi) is 6.68. The van der Waals surface area contributed by atoms with E-state index in [0.717, 1.165) is 24.3 Å². The molecule has 3 aromatic rings. The van der Waals surface area contributed by atoms with Crippen LogP contribution in [0.5, 0.6) is 0 Å². The molecular formula is C22H25N5O. The van der Waals surface area contributed by atoms with Crippen LogP contribution in [0.25, 0.3) is 0 Å². The molecule has 0 spiro atoms. The maximum absolute atomic E-state index is 12.8. The van der Waals surface area contributed by atoms with Gasteiger partial charge in [-0.3, -0.25) is 9.78 Å². The van der Waals surface area contributed by atoms with Gasteiger partial charge in [-0.1, -0.05) is 30.3 Å². The van der Waals surface area contributed by atoms with Crippen LogP contribution in [0.15, 0.2) is 67.3 Å². The Labute approximate surface area is 165 Å². The molecule has 0 atom stereocenters. The Bertz CT molecular complexity index is 868. The number of benzene rings is 1. The van der Waals surface area contributed by atoms with Crippen molar-refractivity contribution in [3.63, 3.8) is 0 Å². The molecule has 144 valence electrons. The van der Waals surface area contributed by atoms with Gasteiger partial charge >= 0.3 is 0 Å². The van der Waals surface area contributed by atoms with Crippen LogP contribution in [0.1, 0.15) is 28.5 Å². The SMILES string of the molecule is CCN(Cc1ccccc1)C(=O)c1cnc(N(C)CCc2ccncc2)cn1. The van der Waals surface area contributed by atoms with Gasteiger partial charge in [-0.2, -0.15) is 0 Å². The highest BCUT2D eigenvalue weighted by Gasteiger charge is 2.17. The van der Waals surface area contributed by atoms with Crippen LogP contribution in [0, 0.1) is 0 Å². The van der Waals surface area contributed by atoms with Gasteiger partial charge in [0.2, 0.25) is 0 Å². The monoisotopic (exact) mass is 375 g/mol. The second-order valence-electron chi connectivity index (χ2n) is 6.59. The summed E-state index contributed by atoms with van der Waals surface area (Å²) < 4.78 is 0. The number of hydrogen-bond acceptors (Lipinski definition) is 5. The van der Waals surface area contributed by atoms with Crippen molar-refractivity contribution in [2.75, 3.05) is 25.0 Å². The molecule has 28 heavy (non-hydrogen) atoms. The number of pyridine rings is 1. The number of carbonyl (C=O) groups excluding carboxylic acids is 1. The van der Waals surface area contributed by atoms with Crippen molar-refractivity contribution in [3.05, 3.63) is 84.1 Å². The molecule has 0 saturated heterocycles. The van der Waals surface area contributed by atoms with Gasteiger partial charge < -0.3 is 9.80 Å². The summed E-state index contributed by atoms with van der Waals surface area (Å²) in [4.78, 5) is 29.4. The van der Waals surface area contributed by atoms with E-state index in [1.54, 1.807) is 29.7 Å². The maximum atomic E-state index is 12.8. The zero-order valence-electron chi connectivity index (χ0n) is 16.3. The van der Waals surface area contributed by atoms with Gasteiger partial charge in [-0.25, -0.2) is 9.97 Å². The number of carbonyl (C=O) groups is 1. The van der Waals surface area contributed by atoms with Crippen molar-refractivity contribution in [1.29, 1.82) is 0 Å².